The second kappa shape index (κ2) is 14.5. The van der Waals surface area contributed by atoms with Gasteiger partial charge in [0.15, 0.2) is 9.03 Å². The molecule has 0 aromatic rings. The Hall–Kier alpha value is 1.51. The van der Waals surface area contributed by atoms with Gasteiger partial charge in [-0.05, 0) is 66.2 Å². The molecule has 164 valence electrons. The summed E-state index contributed by atoms with van der Waals surface area (Å²) in [5, 5.41) is 0.0663. The molecular formula is C20H39Cl4O2P. The summed E-state index contributed by atoms with van der Waals surface area (Å²) in [5.74, 6) is 0. The molecular weight excluding hydrogens is 445 g/mol. The zero-order valence-corrected chi connectivity index (χ0v) is 21.8. The van der Waals surface area contributed by atoms with Crippen LogP contribution in [0.25, 0.3) is 0 Å². The molecule has 0 heterocycles. The molecule has 0 rings (SSSR count). The zero-order valence-electron chi connectivity index (χ0n) is 17.8. The van der Waals surface area contributed by atoms with Crippen LogP contribution in [0.2, 0.25) is 0 Å². The molecule has 0 aromatic carbocycles. The molecule has 0 amide bonds. The Morgan fingerprint density at radius 2 is 0.889 bits per heavy atom. The summed E-state index contributed by atoms with van der Waals surface area (Å²) in [7, 11) is -0.0818. The predicted octanol–water partition coefficient (Wildman–Crippen LogP) is 8.68. The van der Waals surface area contributed by atoms with Gasteiger partial charge < -0.3 is 9.05 Å². The number of hydrogen-bond donors (Lipinski definition) is 0. The summed E-state index contributed by atoms with van der Waals surface area (Å²) >= 11 is 25.4. The van der Waals surface area contributed by atoms with Gasteiger partial charge in [-0.2, -0.15) is 0 Å². The van der Waals surface area contributed by atoms with Crippen molar-refractivity contribution in [3.8, 4) is 0 Å². The number of alkyl halides is 4. The minimum absolute atomic E-state index is 0.0166. The van der Waals surface area contributed by atoms with Crippen LogP contribution in [0.5, 0.6) is 0 Å². The number of halogens is 4. The molecule has 0 aliphatic heterocycles. The van der Waals surface area contributed by atoms with Crippen LogP contribution in [0.15, 0.2) is 0 Å². The minimum atomic E-state index is -0.355. The summed E-state index contributed by atoms with van der Waals surface area (Å²) in [6.45, 7) is 12.3. The second-order valence-electron chi connectivity index (χ2n) is 8.09. The van der Waals surface area contributed by atoms with E-state index >= 15 is 0 Å². The Morgan fingerprint density at radius 1 is 0.630 bits per heavy atom. The highest BCUT2D eigenvalue weighted by molar-refractivity contribution is 7.26. The highest BCUT2D eigenvalue weighted by atomic mass is 35.5. The lowest BCUT2D eigenvalue weighted by Crippen LogP contribution is -2.38. The summed E-state index contributed by atoms with van der Waals surface area (Å²) in [5.41, 5.74) is -0.709. The maximum Gasteiger partial charge on any atom is 0.156 e. The first kappa shape index (κ1) is 28.5. The minimum Gasteiger partial charge on any atom is -0.329 e. The Labute approximate surface area is 189 Å². The highest BCUT2D eigenvalue weighted by Gasteiger charge is 2.37. The number of rotatable bonds is 16. The van der Waals surface area contributed by atoms with Gasteiger partial charge in [-0.15, -0.1) is 46.4 Å². The van der Waals surface area contributed by atoms with Gasteiger partial charge in [-0.3, -0.25) is 0 Å². The summed E-state index contributed by atoms with van der Waals surface area (Å²) in [6, 6.07) is 0. The first-order valence-corrected chi connectivity index (χ1v) is 12.7. The normalized spacial score (nSPS) is 21.6. The molecule has 0 saturated carbocycles. The third-order valence-electron chi connectivity index (χ3n) is 4.54. The van der Waals surface area contributed by atoms with Crippen LogP contribution >= 0.6 is 55.4 Å². The van der Waals surface area contributed by atoms with Crippen molar-refractivity contribution in [3.63, 3.8) is 0 Å². The third kappa shape index (κ3) is 12.7. The van der Waals surface area contributed by atoms with Crippen molar-refractivity contribution in [1.29, 1.82) is 0 Å². The Kier molecular flexibility index (Phi) is 15.3. The molecule has 2 nitrogen and oxygen atoms in total. The molecule has 0 aliphatic rings. The molecule has 4 atom stereocenters. The molecule has 27 heavy (non-hydrogen) atoms. The van der Waals surface area contributed by atoms with Crippen LogP contribution in [-0.4, -0.2) is 32.7 Å². The molecule has 0 fully saturated rings. The van der Waals surface area contributed by atoms with E-state index in [2.05, 4.69) is 13.8 Å². The standard InChI is InChI=1S/C20H39Cl4O2P/c1-7-9-19(11-15(3)21,12-16(4)22)25-27-26-20(10-8-2,13-17(5)23)14-18(6)24/h15-18,27H,7-14H2,1-6H3. The van der Waals surface area contributed by atoms with Gasteiger partial charge in [-0.25, -0.2) is 0 Å². The lowest BCUT2D eigenvalue weighted by atomic mass is 9.88. The topological polar surface area (TPSA) is 18.5 Å². The van der Waals surface area contributed by atoms with E-state index in [1.165, 1.54) is 0 Å². The number of hydrogen-bond acceptors (Lipinski definition) is 2. The largest absolute Gasteiger partial charge is 0.329 e. The van der Waals surface area contributed by atoms with Crippen molar-refractivity contribution < 1.29 is 9.05 Å². The van der Waals surface area contributed by atoms with E-state index in [0.29, 0.717) is 0 Å². The Balaban J connectivity index is 5.31. The molecule has 0 spiro atoms. The van der Waals surface area contributed by atoms with Crippen LogP contribution in [0.3, 0.4) is 0 Å². The average molecular weight is 484 g/mol. The molecule has 0 aliphatic carbocycles. The molecule has 0 N–H and O–H groups in total. The van der Waals surface area contributed by atoms with Gasteiger partial charge in [0.2, 0.25) is 0 Å². The van der Waals surface area contributed by atoms with E-state index in [9.17, 15) is 0 Å². The molecule has 7 heteroatoms. The van der Waals surface area contributed by atoms with Crippen molar-refractivity contribution >= 4 is 55.4 Å². The lowest BCUT2D eigenvalue weighted by molar-refractivity contribution is 0.00219. The van der Waals surface area contributed by atoms with Gasteiger partial charge in [0.05, 0.1) is 11.2 Å². The van der Waals surface area contributed by atoms with Crippen LogP contribution < -0.4 is 0 Å². The quantitative estimate of drug-likeness (QED) is 0.161. The van der Waals surface area contributed by atoms with Crippen molar-refractivity contribution in [2.75, 3.05) is 0 Å². The van der Waals surface area contributed by atoms with E-state index in [-0.39, 0.29) is 41.7 Å². The molecule has 4 unspecified atom stereocenters. The van der Waals surface area contributed by atoms with Gasteiger partial charge in [-0.1, -0.05) is 26.7 Å². The molecule has 0 saturated heterocycles. The summed E-state index contributed by atoms with van der Waals surface area (Å²) in [4.78, 5) is 0. The van der Waals surface area contributed by atoms with E-state index < -0.39 is 0 Å². The maximum absolute atomic E-state index is 6.41. The van der Waals surface area contributed by atoms with E-state index in [0.717, 1.165) is 51.4 Å². The average Bonchev–Trinajstić information content (AvgIpc) is 2.44. The van der Waals surface area contributed by atoms with Gasteiger partial charge >= 0.3 is 0 Å². The van der Waals surface area contributed by atoms with Gasteiger partial charge in [0.1, 0.15) is 0 Å². The van der Waals surface area contributed by atoms with E-state index in [1.807, 2.05) is 27.7 Å². The summed E-state index contributed by atoms with van der Waals surface area (Å²) in [6.07, 6.45) is 6.88. The molecule has 0 bridgehead atoms. The molecule has 0 radical (unpaired) electrons. The first-order valence-electron chi connectivity index (χ1n) is 10.2. The Bertz CT molecular complexity index is 325. The fourth-order valence-corrected chi connectivity index (χ4v) is 6.06. The van der Waals surface area contributed by atoms with E-state index in [1.54, 1.807) is 0 Å². The van der Waals surface area contributed by atoms with Gasteiger partial charge in [0, 0.05) is 21.5 Å². The van der Waals surface area contributed by atoms with E-state index in [4.69, 9.17) is 55.5 Å². The van der Waals surface area contributed by atoms with Gasteiger partial charge in [0.25, 0.3) is 0 Å². The van der Waals surface area contributed by atoms with Crippen LogP contribution in [0, 0.1) is 0 Å². The van der Waals surface area contributed by atoms with Crippen molar-refractivity contribution in [2.45, 2.75) is 126 Å². The lowest BCUT2D eigenvalue weighted by Gasteiger charge is -2.39. The zero-order chi connectivity index (χ0) is 21.1. The SMILES string of the molecule is CCCC(CC(C)Cl)(CC(C)Cl)OPOC(CCC)(CC(C)Cl)CC(C)Cl. The molecule has 0 aromatic heterocycles. The highest BCUT2D eigenvalue weighted by Crippen LogP contribution is 2.43. The van der Waals surface area contributed by atoms with Crippen molar-refractivity contribution in [1.82, 2.24) is 0 Å². The summed E-state index contributed by atoms with van der Waals surface area (Å²) < 4.78 is 12.8. The smallest absolute Gasteiger partial charge is 0.156 e. The van der Waals surface area contributed by atoms with Crippen molar-refractivity contribution in [2.24, 2.45) is 0 Å². The maximum atomic E-state index is 6.41. The van der Waals surface area contributed by atoms with Crippen LogP contribution in [-0.2, 0) is 9.05 Å². The predicted molar refractivity (Wildman–Crippen MR) is 125 cm³/mol. The third-order valence-corrected chi connectivity index (χ3v) is 6.19. The second-order valence-corrected chi connectivity index (χ2v) is 11.6. The Morgan fingerprint density at radius 3 is 1.07 bits per heavy atom. The van der Waals surface area contributed by atoms with Crippen molar-refractivity contribution in [3.05, 3.63) is 0 Å². The fraction of sp³-hybridized carbons (Fsp3) is 1.00. The van der Waals surface area contributed by atoms with Crippen LogP contribution in [0.1, 0.15) is 92.9 Å². The first-order chi connectivity index (χ1) is 12.5. The van der Waals surface area contributed by atoms with Crippen LogP contribution in [0.4, 0.5) is 0 Å². The fourth-order valence-electron chi connectivity index (χ4n) is 4.00. The monoisotopic (exact) mass is 482 g/mol.